The van der Waals surface area contributed by atoms with Crippen LogP contribution in [0.1, 0.15) is 168 Å². The lowest BCUT2D eigenvalue weighted by Gasteiger charge is -2.30. The van der Waals surface area contributed by atoms with Crippen molar-refractivity contribution in [1.82, 2.24) is 5.32 Å². The summed E-state index contributed by atoms with van der Waals surface area (Å²) in [5.74, 6) is -0.177. The smallest absolute Gasteiger partial charge is 0.268 e. The number of nitrogens with zero attached hydrogens (tertiary/aromatic N) is 1. The summed E-state index contributed by atoms with van der Waals surface area (Å²) in [5.41, 5.74) is 0. The quantitative estimate of drug-likeness (QED) is 0.0305. The second kappa shape index (κ2) is 30.3. The molecule has 0 aliphatic carbocycles. The molecule has 0 aliphatic rings. The van der Waals surface area contributed by atoms with Gasteiger partial charge in [0.15, 0.2) is 0 Å². The number of nitrogens with one attached hydrogen (secondary N) is 1. The molecule has 0 spiro atoms. The van der Waals surface area contributed by atoms with E-state index >= 15 is 0 Å². The van der Waals surface area contributed by atoms with Gasteiger partial charge in [-0.25, -0.2) is 0 Å². The zero-order valence-corrected chi connectivity index (χ0v) is 31.7. The van der Waals surface area contributed by atoms with E-state index in [9.17, 15) is 19.4 Å². The Morgan fingerprint density at radius 1 is 0.739 bits per heavy atom. The summed E-state index contributed by atoms with van der Waals surface area (Å²) in [5, 5.41) is 13.8. The van der Waals surface area contributed by atoms with E-state index in [0.29, 0.717) is 23.9 Å². The van der Waals surface area contributed by atoms with E-state index in [1.807, 2.05) is 21.1 Å². The van der Waals surface area contributed by atoms with Gasteiger partial charge in [0.1, 0.15) is 13.2 Å². The summed E-state index contributed by atoms with van der Waals surface area (Å²) in [6, 6.07) is -0.798. The van der Waals surface area contributed by atoms with Gasteiger partial charge in [-0.15, -0.1) is 0 Å². The monoisotopic (exact) mass is 675 g/mol. The molecule has 0 saturated carbocycles. The average molecular weight is 675 g/mol. The first-order valence-corrected chi connectivity index (χ1v) is 20.5. The Hall–Kier alpha value is -0.760. The first kappa shape index (κ1) is 45.2. The van der Waals surface area contributed by atoms with E-state index < -0.39 is 20.0 Å². The standard InChI is InChI=1S/C37H75N2O6P/c1-6-8-10-12-14-16-18-20-22-24-26-28-30-36(40)35(34-45-46(42,43)44-33-32-39(3,4)5)38-37(41)31-29-27-25-23-21-19-17-15-13-11-9-7-2/h15,17,35-36,40H,6-14,16,18-34H2,1-5H3,(H-,38,41,42,43)/b17-15-. The highest BCUT2D eigenvalue weighted by atomic mass is 31.2. The lowest BCUT2D eigenvalue weighted by molar-refractivity contribution is -0.870. The first-order valence-electron chi connectivity index (χ1n) is 19.0. The maximum atomic E-state index is 12.8. The van der Waals surface area contributed by atoms with Crippen LogP contribution >= 0.6 is 7.82 Å². The van der Waals surface area contributed by atoms with E-state index in [0.717, 1.165) is 51.4 Å². The Kier molecular flexibility index (Phi) is 29.8. The molecule has 3 unspecified atom stereocenters. The van der Waals surface area contributed by atoms with Crippen molar-refractivity contribution in [2.24, 2.45) is 0 Å². The highest BCUT2D eigenvalue weighted by Gasteiger charge is 2.24. The number of carbonyl (C=O) groups excluding carboxylic acids is 1. The van der Waals surface area contributed by atoms with Gasteiger partial charge in [-0.1, -0.05) is 135 Å². The van der Waals surface area contributed by atoms with Crippen molar-refractivity contribution in [3.8, 4) is 0 Å². The van der Waals surface area contributed by atoms with Gasteiger partial charge in [0.05, 0.1) is 39.9 Å². The zero-order valence-electron chi connectivity index (χ0n) is 30.8. The topological polar surface area (TPSA) is 108 Å². The summed E-state index contributed by atoms with van der Waals surface area (Å²) < 4.78 is 23.1. The largest absolute Gasteiger partial charge is 0.756 e. The predicted octanol–water partition coefficient (Wildman–Crippen LogP) is 9.00. The molecule has 3 atom stereocenters. The number of unbranched alkanes of at least 4 members (excludes halogenated alkanes) is 19. The Morgan fingerprint density at radius 2 is 1.20 bits per heavy atom. The Morgan fingerprint density at radius 3 is 1.74 bits per heavy atom. The van der Waals surface area contributed by atoms with E-state index in [2.05, 4.69) is 31.3 Å². The van der Waals surface area contributed by atoms with Gasteiger partial charge in [-0.05, 0) is 38.5 Å². The molecule has 0 fully saturated rings. The fraction of sp³-hybridized carbons (Fsp3) is 0.919. The van der Waals surface area contributed by atoms with Crippen LogP contribution in [-0.4, -0.2) is 68.5 Å². The maximum absolute atomic E-state index is 12.8. The molecule has 0 aromatic heterocycles. The van der Waals surface area contributed by atoms with Crippen LogP contribution in [0.3, 0.4) is 0 Å². The number of phosphoric ester groups is 1. The van der Waals surface area contributed by atoms with Gasteiger partial charge in [0.25, 0.3) is 7.82 Å². The van der Waals surface area contributed by atoms with E-state index in [4.69, 9.17) is 9.05 Å². The Bertz CT molecular complexity index is 773. The lowest BCUT2D eigenvalue weighted by atomic mass is 10.0. The van der Waals surface area contributed by atoms with Crippen molar-refractivity contribution in [2.75, 3.05) is 40.9 Å². The third-order valence-electron chi connectivity index (χ3n) is 8.50. The number of allylic oxidation sites excluding steroid dienone is 2. The molecule has 0 radical (unpaired) electrons. The highest BCUT2D eigenvalue weighted by molar-refractivity contribution is 7.45. The fourth-order valence-electron chi connectivity index (χ4n) is 5.38. The molecule has 0 aromatic carbocycles. The summed E-state index contributed by atoms with van der Waals surface area (Å²) in [4.78, 5) is 25.1. The van der Waals surface area contributed by atoms with Gasteiger partial charge in [0, 0.05) is 6.42 Å². The van der Waals surface area contributed by atoms with Crippen molar-refractivity contribution in [1.29, 1.82) is 0 Å². The van der Waals surface area contributed by atoms with Crippen molar-refractivity contribution in [3.63, 3.8) is 0 Å². The molecule has 0 saturated heterocycles. The van der Waals surface area contributed by atoms with E-state index in [1.165, 1.54) is 89.9 Å². The second-order valence-corrected chi connectivity index (χ2v) is 15.7. The molecule has 1 amide bonds. The molecule has 0 aliphatic heterocycles. The molecule has 0 rings (SSSR count). The van der Waals surface area contributed by atoms with Gasteiger partial charge in [0.2, 0.25) is 5.91 Å². The Labute approximate surface area is 284 Å². The Balaban J connectivity index is 4.49. The molecule has 0 heterocycles. The summed E-state index contributed by atoms with van der Waals surface area (Å²) >= 11 is 0. The lowest BCUT2D eigenvalue weighted by Crippen LogP contribution is -2.46. The average Bonchev–Trinajstić information content (AvgIpc) is 2.99. The number of amides is 1. The van der Waals surface area contributed by atoms with Crippen molar-refractivity contribution in [2.45, 2.75) is 180 Å². The van der Waals surface area contributed by atoms with Crippen LogP contribution in [0.25, 0.3) is 0 Å². The summed E-state index contributed by atoms with van der Waals surface area (Å²) in [6.07, 6.45) is 30.6. The SMILES string of the molecule is CCCCC/C=C\CCCCCCCC(=O)NC(COP(=O)([O-])OCC[N+](C)(C)C)C(O)CCCCCCCCCCCCCC. The van der Waals surface area contributed by atoms with Crippen LogP contribution < -0.4 is 10.2 Å². The van der Waals surface area contributed by atoms with Crippen LogP contribution in [0.15, 0.2) is 12.2 Å². The molecule has 274 valence electrons. The fourth-order valence-corrected chi connectivity index (χ4v) is 6.11. The molecule has 9 heteroatoms. The number of hydrogen-bond acceptors (Lipinski definition) is 6. The maximum Gasteiger partial charge on any atom is 0.268 e. The van der Waals surface area contributed by atoms with Crippen LogP contribution in [-0.2, 0) is 18.4 Å². The highest BCUT2D eigenvalue weighted by Crippen LogP contribution is 2.38. The molecule has 8 nitrogen and oxygen atoms in total. The minimum Gasteiger partial charge on any atom is -0.756 e. The normalized spacial score (nSPS) is 14.8. The first-order chi connectivity index (χ1) is 22.0. The van der Waals surface area contributed by atoms with Gasteiger partial charge in [-0.3, -0.25) is 9.36 Å². The zero-order chi connectivity index (χ0) is 34.4. The van der Waals surface area contributed by atoms with E-state index in [-0.39, 0.29) is 19.1 Å². The minimum absolute atomic E-state index is 0.0119. The number of phosphoric acid groups is 1. The molecular weight excluding hydrogens is 599 g/mol. The third kappa shape index (κ3) is 31.8. The second-order valence-electron chi connectivity index (χ2n) is 14.3. The van der Waals surface area contributed by atoms with Crippen LogP contribution in [0.5, 0.6) is 0 Å². The van der Waals surface area contributed by atoms with Crippen molar-refractivity contribution < 1.29 is 32.9 Å². The van der Waals surface area contributed by atoms with Gasteiger partial charge in [-0.2, -0.15) is 0 Å². The van der Waals surface area contributed by atoms with Crippen LogP contribution in [0.4, 0.5) is 0 Å². The van der Waals surface area contributed by atoms with Crippen molar-refractivity contribution in [3.05, 3.63) is 12.2 Å². The molecule has 46 heavy (non-hydrogen) atoms. The molecule has 0 bridgehead atoms. The number of aliphatic hydroxyl groups is 1. The summed E-state index contributed by atoms with van der Waals surface area (Å²) in [7, 11) is 1.30. The number of carbonyl (C=O) groups is 1. The minimum atomic E-state index is -4.55. The predicted molar refractivity (Wildman–Crippen MR) is 192 cm³/mol. The van der Waals surface area contributed by atoms with Crippen LogP contribution in [0.2, 0.25) is 0 Å². The molecule has 0 aromatic rings. The number of rotatable bonds is 34. The van der Waals surface area contributed by atoms with Crippen molar-refractivity contribution >= 4 is 13.7 Å². The van der Waals surface area contributed by atoms with Gasteiger partial charge < -0.3 is 28.8 Å². The number of quaternary nitrogens is 1. The van der Waals surface area contributed by atoms with Gasteiger partial charge >= 0.3 is 0 Å². The van der Waals surface area contributed by atoms with E-state index in [1.54, 1.807) is 0 Å². The number of hydrogen-bond donors (Lipinski definition) is 2. The van der Waals surface area contributed by atoms with Crippen LogP contribution in [0, 0.1) is 0 Å². The summed E-state index contributed by atoms with van der Waals surface area (Å²) in [6.45, 7) is 4.66. The third-order valence-corrected chi connectivity index (χ3v) is 9.47. The molecular formula is C37H75N2O6P. The number of aliphatic hydroxyl groups excluding tert-OH is 1. The number of likely N-dealkylation sites (N-methyl/N-ethyl adjacent to an activating group) is 1. The molecule has 2 N–H and O–H groups in total.